The first-order valence-corrected chi connectivity index (χ1v) is 9.24. The maximum absolute atomic E-state index is 13.2. The molecule has 26 heavy (non-hydrogen) atoms. The van der Waals surface area contributed by atoms with Crippen molar-refractivity contribution in [3.63, 3.8) is 0 Å². The van der Waals surface area contributed by atoms with Gasteiger partial charge in [-0.25, -0.2) is 0 Å². The molecule has 1 spiro atoms. The highest BCUT2D eigenvalue weighted by atomic mass is 16.7. The Bertz CT molecular complexity index is 881. The van der Waals surface area contributed by atoms with E-state index in [1.807, 2.05) is 6.92 Å². The fourth-order valence-electron chi connectivity index (χ4n) is 3.93. The van der Waals surface area contributed by atoms with Gasteiger partial charge in [-0.1, -0.05) is 6.92 Å². The van der Waals surface area contributed by atoms with Crippen LogP contribution in [0.2, 0.25) is 0 Å². The molecule has 0 bridgehead atoms. The third kappa shape index (κ3) is 2.75. The van der Waals surface area contributed by atoms with E-state index >= 15 is 0 Å². The third-order valence-electron chi connectivity index (χ3n) is 5.30. The number of nitrogens with zero attached hydrogens (tertiary/aromatic N) is 2. The lowest BCUT2D eigenvalue weighted by Crippen LogP contribution is -2.47. The van der Waals surface area contributed by atoms with Gasteiger partial charge in [-0.05, 0) is 19.4 Å². The van der Waals surface area contributed by atoms with Crippen LogP contribution < -0.4 is 5.56 Å². The molecule has 2 aromatic heterocycles. The van der Waals surface area contributed by atoms with Crippen molar-refractivity contribution in [3.8, 4) is 0 Å². The van der Waals surface area contributed by atoms with Crippen molar-refractivity contribution in [1.82, 2.24) is 9.47 Å². The average molecular weight is 360 g/mol. The molecule has 0 aliphatic carbocycles. The van der Waals surface area contributed by atoms with E-state index in [4.69, 9.17) is 13.9 Å². The zero-order chi connectivity index (χ0) is 18.3. The highest BCUT2D eigenvalue weighted by Gasteiger charge is 2.41. The lowest BCUT2D eigenvalue weighted by Gasteiger charge is -2.37. The van der Waals surface area contributed by atoms with Crippen LogP contribution in [0.25, 0.3) is 11.0 Å². The molecule has 2 saturated heterocycles. The molecule has 0 atom stereocenters. The normalized spacial score (nSPS) is 19.5. The van der Waals surface area contributed by atoms with Crippen LogP contribution in [0.1, 0.15) is 42.3 Å². The number of piperidine rings is 1. The maximum atomic E-state index is 13.2. The summed E-state index contributed by atoms with van der Waals surface area (Å²) in [5.74, 6) is -0.191. The van der Waals surface area contributed by atoms with Gasteiger partial charge in [0.25, 0.3) is 11.5 Å². The van der Waals surface area contributed by atoms with Gasteiger partial charge in [-0.2, -0.15) is 0 Å². The molecule has 0 radical (unpaired) electrons. The van der Waals surface area contributed by atoms with E-state index in [0.717, 1.165) is 6.42 Å². The Morgan fingerprint density at radius 3 is 2.58 bits per heavy atom. The summed E-state index contributed by atoms with van der Waals surface area (Å²) in [5.41, 5.74) is 0.694. The lowest BCUT2D eigenvalue weighted by atomic mass is 10.0. The topological polar surface area (TPSA) is 73.9 Å². The summed E-state index contributed by atoms with van der Waals surface area (Å²) in [7, 11) is 0. The molecular formula is C19H24N2O5. The Kier molecular flexibility index (Phi) is 4.36. The van der Waals surface area contributed by atoms with Crippen molar-refractivity contribution < 1.29 is 18.7 Å². The van der Waals surface area contributed by atoms with E-state index in [9.17, 15) is 9.59 Å². The largest absolute Gasteiger partial charge is 0.460 e. The second-order valence-electron chi connectivity index (χ2n) is 6.99. The lowest BCUT2D eigenvalue weighted by molar-refractivity contribution is -0.181. The molecule has 2 aromatic rings. The zero-order valence-corrected chi connectivity index (χ0v) is 15.2. The van der Waals surface area contributed by atoms with Gasteiger partial charge in [-0.15, -0.1) is 0 Å². The molecule has 140 valence electrons. The van der Waals surface area contributed by atoms with Crippen LogP contribution in [-0.2, 0) is 16.0 Å². The first kappa shape index (κ1) is 17.3. The number of carbonyl (C=O) groups is 1. The second-order valence-corrected chi connectivity index (χ2v) is 6.99. The van der Waals surface area contributed by atoms with E-state index < -0.39 is 5.79 Å². The summed E-state index contributed by atoms with van der Waals surface area (Å²) in [6.45, 7) is 6.67. The van der Waals surface area contributed by atoms with Gasteiger partial charge in [0.2, 0.25) is 0 Å². The van der Waals surface area contributed by atoms with E-state index in [0.29, 0.717) is 68.0 Å². The summed E-state index contributed by atoms with van der Waals surface area (Å²) in [6.07, 6.45) is 3.87. The quantitative estimate of drug-likeness (QED) is 0.840. The first-order chi connectivity index (χ1) is 12.5. The van der Waals surface area contributed by atoms with Gasteiger partial charge in [0.05, 0.1) is 24.2 Å². The Balaban J connectivity index is 1.65. The molecule has 2 aliphatic rings. The number of aryl methyl sites for hydroxylation is 2. The van der Waals surface area contributed by atoms with Gasteiger partial charge in [0.15, 0.2) is 5.79 Å². The number of ether oxygens (including phenoxy) is 2. The highest BCUT2D eigenvalue weighted by Crippen LogP contribution is 2.33. The standard InChI is InChI=1S/C19H24N2O5/c1-3-7-20-8-4-14-16(18(20)23)15(13(2)26-14)17(22)21-9-5-19(6-10-21)24-11-12-25-19/h4,8H,3,5-7,9-12H2,1-2H3. The van der Waals surface area contributed by atoms with Crippen LogP contribution in [0.4, 0.5) is 0 Å². The number of likely N-dealkylation sites (tertiary alicyclic amines) is 1. The molecule has 1 amide bonds. The van der Waals surface area contributed by atoms with Crippen LogP contribution >= 0.6 is 0 Å². The molecule has 0 saturated carbocycles. The smallest absolute Gasteiger partial charge is 0.262 e. The zero-order valence-electron chi connectivity index (χ0n) is 15.2. The number of carbonyl (C=O) groups excluding carboxylic acids is 1. The second kappa shape index (κ2) is 6.55. The van der Waals surface area contributed by atoms with Gasteiger partial charge in [0, 0.05) is 38.7 Å². The Labute approximate surface area is 151 Å². The Morgan fingerprint density at radius 1 is 1.23 bits per heavy atom. The fourth-order valence-corrected chi connectivity index (χ4v) is 3.93. The molecular weight excluding hydrogens is 336 g/mol. The monoisotopic (exact) mass is 360 g/mol. The SMILES string of the molecule is CCCn1ccc2oc(C)c(C(=O)N3CCC4(CC3)OCCO4)c2c1=O. The van der Waals surface area contributed by atoms with Crippen molar-refractivity contribution >= 4 is 16.9 Å². The number of rotatable bonds is 3. The van der Waals surface area contributed by atoms with Crippen molar-refractivity contribution in [2.24, 2.45) is 0 Å². The minimum absolute atomic E-state index is 0.152. The van der Waals surface area contributed by atoms with Crippen molar-refractivity contribution in [2.75, 3.05) is 26.3 Å². The van der Waals surface area contributed by atoms with Gasteiger partial charge < -0.3 is 23.4 Å². The summed E-state index contributed by atoms with van der Waals surface area (Å²) < 4.78 is 18.8. The number of amides is 1. The van der Waals surface area contributed by atoms with Crippen LogP contribution in [-0.4, -0.2) is 47.5 Å². The Hall–Kier alpha value is -2.12. The molecule has 4 rings (SSSR count). The minimum Gasteiger partial charge on any atom is -0.460 e. The Morgan fingerprint density at radius 2 is 1.92 bits per heavy atom. The van der Waals surface area contributed by atoms with E-state index in [1.165, 1.54) is 0 Å². The van der Waals surface area contributed by atoms with Crippen molar-refractivity contribution in [3.05, 3.63) is 33.9 Å². The molecule has 0 aromatic carbocycles. The number of pyridine rings is 1. The van der Waals surface area contributed by atoms with E-state index in [-0.39, 0.29) is 11.5 Å². The van der Waals surface area contributed by atoms with E-state index in [1.54, 1.807) is 28.7 Å². The number of fused-ring (bicyclic) bond motifs is 1. The summed E-state index contributed by atoms with van der Waals surface area (Å²) in [4.78, 5) is 27.8. The minimum atomic E-state index is -0.530. The van der Waals surface area contributed by atoms with Gasteiger partial charge >= 0.3 is 0 Å². The summed E-state index contributed by atoms with van der Waals surface area (Å²) in [5, 5.41) is 0.386. The van der Waals surface area contributed by atoms with Crippen LogP contribution in [0, 0.1) is 6.92 Å². The van der Waals surface area contributed by atoms with Crippen LogP contribution in [0.15, 0.2) is 21.5 Å². The molecule has 7 heteroatoms. The van der Waals surface area contributed by atoms with Gasteiger partial charge in [0.1, 0.15) is 11.3 Å². The number of hydrogen-bond acceptors (Lipinski definition) is 5. The first-order valence-electron chi connectivity index (χ1n) is 9.24. The summed E-state index contributed by atoms with van der Waals surface area (Å²) in [6, 6.07) is 1.77. The summed E-state index contributed by atoms with van der Waals surface area (Å²) >= 11 is 0. The van der Waals surface area contributed by atoms with Crippen LogP contribution in [0.3, 0.4) is 0 Å². The van der Waals surface area contributed by atoms with Crippen molar-refractivity contribution in [1.29, 1.82) is 0 Å². The van der Waals surface area contributed by atoms with E-state index in [2.05, 4.69) is 0 Å². The predicted molar refractivity (Wildman–Crippen MR) is 95.3 cm³/mol. The number of furan rings is 1. The fraction of sp³-hybridized carbons (Fsp3) is 0.579. The number of hydrogen-bond donors (Lipinski definition) is 0. The molecule has 0 unspecified atom stereocenters. The predicted octanol–water partition coefficient (Wildman–Crippen LogP) is 2.29. The molecule has 0 N–H and O–H groups in total. The van der Waals surface area contributed by atoms with Crippen LogP contribution in [0.5, 0.6) is 0 Å². The number of aromatic nitrogens is 1. The molecule has 2 fully saturated rings. The third-order valence-corrected chi connectivity index (χ3v) is 5.30. The average Bonchev–Trinajstić information content (AvgIpc) is 3.22. The molecule has 2 aliphatic heterocycles. The highest BCUT2D eigenvalue weighted by molar-refractivity contribution is 6.06. The van der Waals surface area contributed by atoms with Crippen molar-refractivity contribution in [2.45, 2.75) is 45.4 Å². The van der Waals surface area contributed by atoms with Gasteiger partial charge in [-0.3, -0.25) is 9.59 Å². The maximum Gasteiger partial charge on any atom is 0.262 e. The molecule has 7 nitrogen and oxygen atoms in total. The molecule has 4 heterocycles.